The Kier molecular flexibility index (Phi) is 2.50. The number of thiol groups is 2. The SMILES string of the molecule is C1=NCC[SH]1O[SH]1C=NCC1. The maximum absolute atomic E-state index is 5.80. The molecule has 0 radical (unpaired) electrons. The zero-order valence-electron chi connectivity index (χ0n) is 6.18. The van der Waals surface area contributed by atoms with Crippen molar-refractivity contribution in [2.75, 3.05) is 24.6 Å². The number of nitrogens with zero attached hydrogens (tertiary/aromatic N) is 2. The van der Waals surface area contributed by atoms with Crippen molar-refractivity contribution in [3.8, 4) is 0 Å². The first kappa shape index (κ1) is 7.64. The molecule has 3 nitrogen and oxygen atoms in total. The Morgan fingerprint density at radius 1 is 1.00 bits per heavy atom. The van der Waals surface area contributed by atoms with Crippen LogP contribution in [-0.4, -0.2) is 35.7 Å². The van der Waals surface area contributed by atoms with Gasteiger partial charge in [-0.2, -0.15) is 0 Å². The van der Waals surface area contributed by atoms with Crippen molar-refractivity contribution in [3.63, 3.8) is 0 Å². The summed E-state index contributed by atoms with van der Waals surface area (Å²) < 4.78 is 5.80. The molecule has 0 aromatic rings. The van der Waals surface area contributed by atoms with E-state index >= 15 is 0 Å². The average Bonchev–Trinajstić information content (AvgIpc) is 2.60. The fourth-order valence-electron chi connectivity index (χ4n) is 0.984. The zero-order valence-corrected chi connectivity index (χ0v) is 7.97. The summed E-state index contributed by atoms with van der Waals surface area (Å²) >= 11 is -0.621. The van der Waals surface area contributed by atoms with Gasteiger partial charge < -0.3 is 0 Å². The second kappa shape index (κ2) is 3.60. The van der Waals surface area contributed by atoms with Gasteiger partial charge in [-0.1, -0.05) is 22.4 Å². The van der Waals surface area contributed by atoms with Gasteiger partial charge in [0.15, 0.2) is 0 Å². The van der Waals surface area contributed by atoms with E-state index in [0.29, 0.717) is 0 Å². The monoisotopic (exact) mass is 192 g/mol. The maximum atomic E-state index is 5.80. The van der Waals surface area contributed by atoms with Gasteiger partial charge in [0.2, 0.25) is 0 Å². The predicted molar refractivity (Wildman–Crippen MR) is 55.5 cm³/mol. The molecule has 0 saturated carbocycles. The minimum Gasteiger partial charge on any atom is -0.285 e. The van der Waals surface area contributed by atoms with Crippen LogP contribution in [0, 0.1) is 0 Å². The Bertz CT molecular complexity index is 175. The first-order valence-electron chi connectivity index (χ1n) is 3.66. The average molecular weight is 192 g/mol. The number of rotatable bonds is 2. The van der Waals surface area contributed by atoms with Gasteiger partial charge in [-0.25, -0.2) is 0 Å². The first-order valence-corrected chi connectivity index (χ1v) is 6.69. The molecule has 0 aromatic heterocycles. The smallest absolute Gasteiger partial charge is 0.0578 e. The highest BCUT2D eigenvalue weighted by Crippen LogP contribution is 2.41. The molecule has 0 aromatic carbocycles. The molecule has 2 aliphatic heterocycles. The van der Waals surface area contributed by atoms with Crippen LogP contribution in [0.3, 0.4) is 0 Å². The molecule has 2 heterocycles. The lowest BCUT2D eigenvalue weighted by molar-refractivity contribution is 0.747. The van der Waals surface area contributed by atoms with Gasteiger partial charge in [-0.15, -0.1) is 0 Å². The molecule has 0 N–H and O–H groups in total. The summed E-state index contributed by atoms with van der Waals surface area (Å²) in [6.45, 7) is 1.93. The molecule has 11 heavy (non-hydrogen) atoms. The van der Waals surface area contributed by atoms with Crippen LogP contribution in [0.25, 0.3) is 0 Å². The Morgan fingerprint density at radius 3 is 1.91 bits per heavy atom. The van der Waals surface area contributed by atoms with Gasteiger partial charge in [0.25, 0.3) is 0 Å². The summed E-state index contributed by atoms with van der Waals surface area (Å²) in [7, 11) is 0. The lowest BCUT2D eigenvalue weighted by atomic mass is 10.8. The molecule has 64 valence electrons. The summed E-state index contributed by atoms with van der Waals surface area (Å²) in [5.41, 5.74) is 3.98. The predicted octanol–water partition coefficient (Wildman–Crippen LogP) is 0.919. The van der Waals surface area contributed by atoms with Crippen molar-refractivity contribution in [2.24, 2.45) is 9.98 Å². The Balaban J connectivity index is 1.80. The largest absolute Gasteiger partial charge is 0.285 e. The third-order valence-corrected chi connectivity index (χ3v) is 5.33. The minimum absolute atomic E-state index is 0.310. The molecule has 0 spiro atoms. The standard InChI is InChI=1S/C6H12N2OS2/c1-3-10(5-7-1)9-11-4-2-8-6-11/h5-6,10-11H,1-4H2. The van der Waals surface area contributed by atoms with Gasteiger partial charge in [0.05, 0.1) is 11.1 Å². The second-order valence-electron chi connectivity index (χ2n) is 2.41. The third-order valence-electron chi connectivity index (χ3n) is 1.53. The van der Waals surface area contributed by atoms with Crippen LogP contribution in [0.2, 0.25) is 0 Å². The highest BCUT2D eigenvalue weighted by atomic mass is 32.3. The minimum atomic E-state index is -0.310. The van der Waals surface area contributed by atoms with E-state index in [9.17, 15) is 0 Å². The van der Waals surface area contributed by atoms with Crippen LogP contribution in [0.5, 0.6) is 0 Å². The highest BCUT2D eigenvalue weighted by molar-refractivity contribution is 8.36. The van der Waals surface area contributed by atoms with Crippen LogP contribution >= 0.6 is 22.4 Å². The van der Waals surface area contributed by atoms with Crippen LogP contribution < -0.4 is 0 Å². The summed E-state index contributed by atoms with van der Waals surface area (Å²) in [6, 6.07) is 0. The summed E-state index contributed by atoms with van der Waals surface area (Å²) in [6.07, 6.45) is 0. The van der Waals surface area contributed by atoms with Crippen molar-refractivity contribution in [1.82, 2.24) is 0 Å². The summed E-state index contributed by atoms with van der Waals surface area (Å²) in [5.74, 6) is 2.25. The van der Waals surface area contributed by atoms with E-state index < -0.39 is 0 Å². The van der Waals surface area contributed by atoms with Crippen molar-refractivity contribution >= 4 is 33.4 Å². The molecule has 0 saturated heterocycles. The van der Waals surface area contributed by atoms with Crippen LogP contribution in [0.4, 0.5) is 0 Å². The number of aliphatic imine (C=N–C) groups is 2. The maximum Gasteiger partial charge on any atom is 0.0578 e. The Labute approximate surface area is 72.1 Å². The Morgan fingerprint density at radius 2 is 1.55 bits per heavy atom. The van der Waals surface area contributed by atoms with Gasteiger partial charge in [-0.3, -0.25) is 13.6 Å². The molecule has 5 heteroatoms. The van der Waals surface area contributed by atoms with Crippen molar-refractivity contribution in [3.05, 3.63) is 0 Å². The van der Waals surface area contributed by atoms with Gasteiger partial charge in [0.1, 0.15) is 0 Å². The van der Waals surface area contributed by atoms with E-state index in [1.807, 2.05) is 11.1 Å². The van der Waals surface area contributed by atoms with E-state index in [-0.39, 0.29) is 22.4 Å². The molecule has 0 bridgehead atoms. The normalized spacial score (nSPS) is 41.8. The van der Waals surface area contributed by atoms with Crippen molar-refractivity contribution < 1.29 is 3.63 Å². The fourth-order valence-corrected chi connectivity index (χ4v) is 4.50. The van der Waals surface area contributed by atoms with Crippen LogP contribution in [0.15, 0.2) is 9.98 Å². The van der Waals surface area contributed by atoms with Gasteiger partial charge >= 0.3 is 0 Å². The molecule has 2 rings (SSSR count). The molecular formula is C6H12N2OS2. The quantitative estimate of drug-likeness (QED) is 0.627. The van der Waals surface area contributed by atoms with Crippen LogP contribution in [-0.2, 0) is 3.63 Å². The first-order chi connectivity index (χ1) is 5.45. The molecule has 0 amide bonds. The third kappa shape index (κ3) is 1.98. The number of hydrogen-bond donors (Lipinski definition) is 2. The van der Waals surface area contributed by atoms with Crippen molar-refractivity contribution in [1.29, 1.82) is 0 Å². The number of hydrogen-bond acceptors (Lipinski definition) is 3. The zero-order chi connectivity index (χ0) is 7.52. The second-order valence-corrected chi connectivity index (χ2v) is 6.08. The molecule has 2 unspecified atom stereocenters. The van der Waals surface area contributed by atoms with E-state index in [4.69, 9.17) is 3.63 Å². The van der Waals surface area contributed by atoms with Crippen LogP contribution in [0.1, 0.15) is 0 Å². The van der Waals surface area contributed by atoms with E-state index in [0.717, 1.165) is 24.6 Å². The van der Waals surface area contributed by atoms with E-state index in [2.05, 4.69) is 9.98 Å². The molecule has 2 aliphatic rings. The van der Waals surface area contributed by atoms with E-state index in [1.165, 1.54) is 0 Å². The molecule has 0 fully saturated rings. The molecular weight excluding hydrogens is 180 g/mol. The Hall–Kier alpha value is -0.0000000000000000555. The topological polar surface area (TPSA) is 34.0 Å². The summed E-state index contributed by atoms with van der Waals surface area (Å²) in [5, 5.41) is 0. The van der Waals surface area contributed by atoms with Gasteiger partial charge in [0, 0.05) is 24.6 Å². The van der Waals surface area contributed by atoms with Crippen molar-refractivity contribution in [2.45, 2.75) is 0 Å². The fraction of sp³-hybridized carbons (Fsp3) is 0.667. The van der Waals surface area contributed by atoms with Gasteiger partial charge in [-0.05, 0) is 0 Å². The van der Waals surface area contributed by atoms with E-state index in [1.54, 1.807) is 0 Å². The molecule has 0 aliphatic carbocycles. The molecule has 2 atom stereocenters. The summed E-state index contributed by atoms with van der Waals surface area (Å²) in [4.78, 5) is 8.30. The highest BCUT2D eigenvalue weighted by Gasteiger charge is 2.12. The lowest BCUT2D eigenvalue weighted by Gasteiger charge is -2.18. The lowest BCUT2D eigenvalue weighted by Crippen LogP contribution is -1.92.